The van der Waals surface area contributed by atoms with Gasteiger partial charge in [-0.1, -0.05) is 15.9 Å². The van der Waals surface area contributed by atoms with Crippen molar-refractivity contribution >= 4 is 45.1 Å². The molecular formula is C15H17BrClN3O2. The molecule has 0 aliphatic carbocycles. The van der Waals surface area contributed by atoms with E-state index in [4.69, 9.17) is 5.73 Å². The highest BCUT2D eigenvalue weighted by Gasteiger charge is 2.27. The normalized spacial score (nSPS) is 17.5. The van der Waals surface area contributed by atoms with E-state index in [0.717, 1.165) is 16.3 Å². The molecule has 1 unspecified atom stereocenters. The van der Waals surface area contributed by atoms with Crippen LogP contribution in [-0.2, 0) is 0 Å². The van der Waals surface area contributed by atoms with Gasteiger partial charge in [-0.3, -0.25) is 9.59 Å². The largest absolute Gasteiger partial charge is 0.338 e. The third-order valence-electron chi connectivity index (χ3n) is 3.94. The number of hydrogen-bond donors (Lipinski definition) is 2. The lowest BCUT2D eigenvalue weighted by Crippen LogP contribution is -2.30. The molecule has 5 nitrogen and oxygen atoms in total. The van der Waals surface area contributed by atoms with E-state index in [-0.39, 0.29) is 23.9 Å². The summed E-state index contributed by atoms with van der Waals surface area (Å²) in [4.78, 5) is 29.0. The molecule has 0 saturated carbocycles. The fourth-order valence-corrected chi connectivity index (χ4v) is 3.14. The van der Waals surface area contributed by atoms with E-state index in [2.05, 4.69) is 20.9 Å². The number of nitrogens with zero attached hydrogens (tertiary/aromatic N) is 1. The van der Waals surface area contributed by atoms with Gasteiger partial charge in [-0.15, -0.1) is 12.4 Å². The second kappa shape index (κ2) is 6.81. The summed E-state index contributed by atoms with van der Waals surface area (Å²) in [6.45, 7) is 1.95. The van der Waals surface area contributed by atoms with Gasteiger partial charge < -0.3 is 15.6 Å². The number of fused-ring (bicyclic) bond motifs is 1. The van der Waals surface area contributed by atoms with Crippen LogP contribution in [0.3, 0.4) is 0 Å². The number of nitrogens with two attached hydrogens (primary N) is 1. The first-order chi connectivity index (χ1) is 10.1. The Kier molecular flexibility index (Phi) is 5.26. The van der Waals surface area contributed by atoms with Crippen molar-refractivity contribution in [3.8, 4) is 0 Å². The van der Waals surface area contributed by atoms with Crippen molar-refractivity contribution in [2.24, 2.45) is 11.7 Å². The number of likely N-dealkylation sites (tertiary alicyclic amines) is 1. The van der Waals surface area contributed by atoms with Crippen LogP contribution in [0.15, 0.2) is 33.5 Å². The smallest absolute Gasteiger partial charge is 0.254 e. The van der Waals surface area contributed by atoms with E-state index in [1.807, 2.05) is 12.1 Å². The summed E-state index contributed by atoms with van der Waals surface area (Å²) in [5, 5.41) is 0.755. The Morgan fingerprint density at radius 2 is 2.18 bits per heavy atom. The molecule has 3 N–H and O–H groups in total. The maximum Gasteiger partial charge on any atom is 0.254 e. The van der Waals surface area contributed by atoms with Gasteiger partial charge in [0, 0.05) is 34.5 Å². The number of amides is 1. The predicted molar refractivity (Wildman–Crippen MR) is 92.6 cm³/mol. The minimum atomic E-state index is -0.261. The van der Waals surface area contributed by atoms with E-state index in [0.29, 0.717) is 36.6 Å². The average molecular weight is 387 g/mol. The number of carbonyl (C=O) groups excluding carboxylic acids is 1. The fourth-order valence-electron chi connectivity index (χ4n) is 2.78. The Bertz CT molecular complexity index is 762. The molecule has 1 saturated heterocycles. The number of pyridine rings is 1. The third-order valence-corrected chi connectivity index (χ3v) is 4.44. The summed E-state index contributed by atoms with van der Waals surface area (Å²) in [6.07, 6.45) is 0.924. The predicted octanol–water partition coefficient (Wildman–Crippen LogP) is 2.13. The van der Waals surface area contributed by atoms with Gasteiger partial charge in [-0.05, 0) is 37.1 Å². The SMILES string of the molecule is Cl.NCC1CCN(C(=O)c2cc(=O)[nH]c3ccc(Br)cc23)C1. The van der Waals surface area contributed by atoms with Crippen molar-refractivity contribution in [3.63, 3.8) is 0 Å². The standard InChI is InChI=1S/C15H16BrN3O2.ClH/c16-10-1-2-13-11(5-10)12(6-14(20)18-13)15(21)19-4-3-9(7-17)8-19;/h1-2,5-6,9H,3-4,7-8,17H2,(H,18,20);1H. The Labute approximate surface area is 142 Å². The Hall–Kier alpha value is -1.37. The Balaban J connectivity index is 0.00000176. The zero-order valence-corrected chi connectivity index (χ0v) is 14.2. The first-order valence-corrected chi connectivity index (χ1v) is 7.69. The molecule has 1 aliphatic heterocycles. The zero-order chi connectivity index (χ0) is 15.0. The highest BCUT2D eigenvalue weighted by molar-refractivity contribution is 9.10. The molecule has 1 aromatic heterocycles. The maximum absolute atomic E-state index is 12.7. The van der Waals surface area contributed by atoms with Gasteiger partial charge in [0.25, 0.3) is 5.91 Å². The van der Waals surface area contributed by atoms with E-state index < -0.39 is 0 Å². The first-order valence-electron chi connectivity index (χ1n) is 6.90. The van der Waals surface area contributed by atoms with Crippen LogP contribution in [0.25, 0.3) is 10.9 Å². The minimum absolute atomic E-state index is 0. The first kappa shape index (κ1) is 17.0. The molecule has 0 bridgehead atoms. The van der Waals surface area contributed by atoms with Crippen molar-refractivity contribution < 1.29 is 4.79 Å². The van der Waals surface area contributed by atoms with Crippen molar-refractivity contribution in [3.05, 3.63) is 44.7 Å². The molecule has 1 atom stereocenters. The van der Waals surface area contributed by atoms with Gasteiger partial charge in [-0.2, -0.15) is 0 Å². The molecule has 1 amide bonds. The lowest BCUT2D eigenvalue weighted by atomic mass is 10.1. The number of benzene rings is 1. The summed E-state index contributed by atoms with van der Waals surface area (Å²) in [5.74, 6) is 0.258. The van der Waals surface area contributed by atoms with E-state index in [9.17, 15) is 9.59 Å². The quantitative estimate of drug-likeness (QED) is 0.830. The van der Waals surface area contributed by atoms with Gasteiger partial charge in [0.1, 0.15) is 0 Å². The van der Waals surface area contributed by atoms with Crippen molar-refractivity contribution in [2.45, 2.75) is 6.42 Å². The molecule has 22 heavy (non-hydrogen) atoms. The number of aromatic amines is 1. The van der Waals surface area contributed by atoms with Crippen LogP contribution in [0, 0.1) is 5.92 Å². The summed E-state index contributed by atoms with van der Waals surface area (Å²) in [5.41, 5.74) is 6.53. The van der Waals surface area contributed by atoms with Gasteiger partial charge in [-0.25, -0.2) is 0 Å². The molecule has 118 valence electrons. The second-order valence-electron chi connectivity index (χ2n) is 5.38. The van der Waals surface area contributed by atoms with Gasteiger partial charge in [0.15, 0.2) is 0 Å². The topological polar surface area (TPSA) is 79.2 Å². The van der Waals surface area contributed by atoms with Crippen LogP contribution in [0.5, 0.6) is 0 Å². The van der Waals surface area contributed by atoms with Crippen LogP contribution in [0.1, 0.15) is 16.8 Å². The number of carbonyl (C=O) groups is 1. The van der Waals surface area contributed by atoms with Crippen LogP contribution < -0.4 is 11.3 Å². The third kappa shape index (κ3) is 3.19. The lowest BCUT2D eigenvalue weighted by molar-refractivity contribution is 0.0789. The highest BCUT2D eigenvalue weighted by atomic mass is 79.9. The van der Waals surface area contributed by atoms with Crippen LogP contribution in [0.2, 0.25) is 0 Å². The molecule has 2 heterocycles. The lowest BCUT2D eigenvalue weighted by Gasteiger charge is -2.17. The molecule has 0 radical (unpaired) electrons. The molecule has 1 fully saturated rings. The second-order valence-corrected chi connectivity index (χ2v) is 6.29. The number of H-pyrrole nitrogens is 1. The van der Waals surface area contributed by atoms with Gasteiger partial charge in [0.05, 0.1) is 5.56 Å². The van der Waals surface area contributed by atoms with Crippen LogP contribution in [0.4, 0.5) is 0 Å². The number of rotatable bonds is 2. The summed E-state index contributed by atoms with van der Waals surface area (Å²) >= 11 is 3.41. The van der Waals surface area contributed by atoms with Crippen LogP contribution in [-0.4, -0.2) is 35.4 Å². The maximum atomic E-state index is 12.7. The number of hydrogen-bond acceptors (Lipinski definition) is 3. The fraction of sp³-hybridized carbons (Fsp3) is 0.333. The molecule has 0 spiro atoms. The minimum Gasteiger partial charge on any atom is -0.338 e. The van der Waals surface area contributed by atoms with Gasteiger partial charge in [0.2, 0.25) is 5.56 Å². The van der Waals surface area contributed by atoms with Crippen molar-refractivity contribution in [2.75, 3.05) is 19.6 Å². The molecular weight excluding hydrogens is 370 g/mol. The Morgan fingerprint density at radius 3 is 2.86 bits per heavy atom. The van der Waals surface area contributed by atoms with Crippen LogP contribution >= 0.6 is 28.3 Å². The monoisotopic (exact) mass is 385 g/mol. The van der Waals surface area contributed by atoms with Gasteiger partial charge >= 0.3 is 0 Å². The summed E-state index contributed by atoms with van der Waals surface area (Å²) < 4.78 is 0.873. The average Bonchev–Trinajstić information content (AvgIpc) is 2.95. The molecule has 3 rings (SSSR count). The molecule has 1 aliphatic rings. The molecule has 1 aromatic carbocycles. The number of halogens is 2. The molecule has 7 heteroatoms. The zero-order valence-electron chi connectivity index (χ0n) is 11.8. The highest BCUT2D eigenvalue weighted by Crippen LogP contribution is 2.24. The number of nitrogens with one attached hydrogen (secondary N) is 1. The summed E-state index contributed by atoms with van der Waals surface area (Å²) in [6, 6.07) is 6.87. The summed E-state index contributed by atoms with van der Waals surface area (Å²) in [7, 11) is 0. The van der Waals surface area contributed by atoms with E-state index in [1.165, 1.54) is 6.07 Å². The number of aromatic nitrogens is 1. The van der Waals surface area contributed by atoms with Crippen molar-refractivity contribution in [1.29, 1.82) is 0 Å². The molecule has 2 aromatic rings. The van der Waals surface area contributed by atoms with E-state index in [1.54, 1.807) is 11.0 Å². The Morgan fingerprint density at radius 1 is 1.41 bits per heavy atom. The van der Waals surface area contributed by atoms with Crippen molar-refractivity contribution in [1.82, 2.24) is 9.88 Å². The van der Waals surface area contributed by atoms with E-state index >= 15 is 0 Å².